The second kappa shape index (κ2) is 8.47. The van der Waals surface area contributed by atoms with Crippen LogP contribution in [-0.4, -0.2) is 58.0 Å². The first kappa shape index (κ1) is 18.5. The smallest absolute Gasteiger partial charge is 0.233 e. The van der Waals surface area contributed by atoms with E-state index in [1.165, 1.54) is 11.8 Å². The number of rotatable bonds is 5. The first-order chi connectivity index (χ1) is 13.2. The molecule has 4 rings (SSSR count). The fourth-order valence-corrected chi connectivity index (χ4v) is 5.24. The Balaban J connectivity index is 1.41. The van der Waals surface area contributed by atoms with E-state index in [2.05, 4.69) is 26.6 Å². The van der Waals surface area contributed by atoms with E-state index in [1.807, 2.05) is 30.0 Å². The molecule has 0 N–H and O–H groups in total. The molecule has 1 aliphatic rings. The molecule has 6 nitrogen and oxygen atoms in total. The summed E-state index contributed by atoms with van der Waals surface area (Å²) in [5, 5.41) is 12.4. The summed E-state index contributed by atoms with van der Waals surface area (Å²) in [5.41, 5.74) is 1.78. The van der Waals surface area contributed by atoms with Crippen LogP contribution in [0.5, 0.6) is 0 Å². The Morgan fingerprint density at radius 3 is 2.81 bits per heavy atom. The van der Waals surface area contributed by atoms with Gasteiger partial charge >= 0.3 is 0 Å². The van der Waals surface area contributed by atoms with Gasteiger partial charge in [0.15, 0.2) is 0 Å². The molecule has 0 unspecified atom stereocenters. The van der Waals surface area contributed by atoms with Gasteiger partial charge in [-0.25, -0.2) is 4.98 Å². The number of nitrogens with zero attached hydrogens (tertiary/aromatic N) is 4. The molecule has 4 heterocycles. The normalized spacial score (nSPS) is 14.5. The number of thiophene rings is 1. The van der Waals surface area contributed by atoms with Gasteiger partial charge in [-0.2, -0.15) is 0 Å². The van der Waals surface area contributed by atoms with Crippen molar-refractivity contribution in [2.75, 3.05) is 32.1 Å². The molecule has 1 aliphatic heterocycles. The van der Waals surface area contributed by atoms with Crippen molar-refractivity contribution in [1.29, 1.82) is 0 Å². The lowest BCUT2D eigenvalue weighted by atomic mass is 10.3. The van der Waals surface area contributed by atoms with Crippen LogP contribution in [0.4, 0.5) is 0 Å². The molecule has 1 fully saturated rings. The maximum Gasteiger partial charge on any atom is 0.233 e. The molecule has 3 aromatic rings. The van der Waals surface area contributed by atoms with Crippen LogP contribution in [0, 0.1) is 6.92 Å². The van der Waals surface area contributed by atoms with Gasteiger partial charge in [-0.1, -0.05) is 17.8 Å². The highest BCUT2D eigenvalue weighted by Crippen LogP contribution is 2.36. The Morgan fingerprint density at radius 2 is 2.11 bits per heavy atom. The van der Waals surface area contributed by atoms with E-state index in [0.29, 0.717) is 32.1 Å². The fourth-order valence-electron chi connectivity index (χ4n) is 2.70. The lowest BCUT2D eigenvalue weighted by Crippen LogP contribution is -2.41. The van der Waals surface area contributed by atoms with Crippen LogP contribution >= 0.6 is 34.4 Å². The third kappa shape index (κ3) is 4.37. The molecule has 0 bridgehead atoms. The van der Waals surface area contributed by atoms with Gasteiger partial charge in [-0.05, 0) is 30.5 Å². The van der Waals surface area contributed by atoms with Crippen molar-refractivity contribution >= 4 is 40.3 Å². The number of hydrogen-bond acceptors (Lipinski definition) is 8. The Bertz CT molecular complexity index is 903. The highest BCUT2D eigenvalue weighted by atomic mass is 32.2. The second-order valence-corrected chi connectivity index (χ2v) is 8.89. The highest BCUT2D eigenvalue weighted by Gasteiger charge is 2.17. The Hall–Kier alpha value is -1.81. The summed E-state index contributed by atoms with van der Waals surface area (Å²) in [5.74, 6) is 0.490. The van der Waals surface area contributed by atoms with E-state index in [-0.39, 0.29) is 5.91 Å². The average molecular weight is 419 g/mol. The van der Waals surface area contributed by atoms with Gasteiger partial charge in [0.2, 0.25) is 5.91 Å². The zero-order valence-corrected chi connectivity index (χ0v) is 17.2. The molecule has 0 radical (unpaired) electrons. The lowest BCUT2D eigenvalue weighted by molar-refractivity contribution is -0.132. The maximum atomic E-state index is 12.2. The van der Waals surface area contributed by atoms with Crippen molar-refractivity contribution in [1.82, 2.24) is 20.1 Å². The number of ether oxygens (including phenoxy) is 1. The van der Waals surface area contributed by atoms with Gasteiger partial charge < -0.3 is 9.64 Å². The summed E-state index contributed by atoms with van der Waals surface area (Å²) in [4.78, 5) is 20.9. The topological polar surface area (TPSA) is 68.2 Å². The fraction of sp³-hybridized carbons (Fsp3) is 0.333. The molecular weight excluding hydrogens is 400 g/mol. The summed E-state index contributed by atoms with van der Waals surface area (Å²) in [6.45, 7) is 4.57. The highest BCUT2D eigenvalue weighted by molar-refractivity contribution is 7.99. The molecule has 1 amide bonds. The average Bonchev–Trinajstić information content (AvgIpc) is 3.37. The molecule has 3 aromatic heterocycles. The molecule has 0 spiro atoms. The van der Waals surface area contributed by atoms with Crippen LogP contribution < -0.4 is 0 Å². The zero-order chi connectivity index (χ0) is 18.6. The Morgan fingerprint density at radius 1 is 1.26 bits per heavy atom. The minimum Gasteiger partial charge on any atom is -0.378 e. The minimum atomic E-state index is 0.119. The number of thioether (sulfide) groups is 1. The number of aryl methyl sites for hydroxylation is 1. The molecule has 140 valence electrons. The SMILES string of the molecule is Cc1nc(-c2cccs2)sc1-c1ccc(SCC(=O)N2CCOCC2)nn1. The summed E-state index contributed by atoms with van der Waals surface area (Å²) in [6.07, 6.45) is 0. The van der Waals surface area contributed by atoms with Crippen LogP contribution in [0.15, 0.2) is 34.7 Å². The monoisotopic (exact) mass is 418 g/mol. The number of carbonyl (C=O) groups is 1. The van der Waals surface area contributed by atoms with Crippen molar-refractivity contribution in [2.24, 2.45) is 0 Å². The number of aromatic nitrogens is 3. The van der Waals surface area contributed by atoms with Crippen LogP contribution in [0.1, 0.15) is 5.69 Å². The summed E-state index contributed by atoms with van der Waals surface area (Å²) < 4.78 is 5.28. The molecule has 9 heteroatoms. The summed E-state index contributed by atoms with van der Waals surface area (Å²) in [7, 11) is 0. The Kier molecular flexibility index (Phi) is 5.82. The van der Waals surface area contributed by atoms with Crippen LogP contribution in [0.25, 0.3) is 20.5 Å². The largest absolute Gasteiger partial charge is 0.378 e. The van der Waals surface area contributed by atoms with Crippen molar-refractivity contribution in [3.63, 3.8) is 0 Å². The van der Waals surface area contributed by atoms with Gasteiger partial charge in [0.1, 0.15) is 15.7 Å². The molecule has 0 aromatic carbocycles. The molecule has 0 atom stereocenters. The molecule has 0 aliphatic carbocycles. The number of carbonyl (C=O) groups excluding carboxylic acids is 1. The molecule has 27 heavy (non-hydrogen) atoms. The summed E-state index contributed by atoms with van der Waals surface area (Å²) in [6, 6.07) is 7.97. The first-order valence-corrected chi connectivity index (χ1v) is 11.2. The molecule has 1 saturated heterocycles. The van der Waals surface area contributed by atoms with E-state index in [0.717, 1.165) is 31.2 Å². The van der Waals surface area contributed by atoms with E-state index in [9.17, 15) is 4.79 Å². The number of thiazole rings is 1. The predicted molar refractivity (Wildman–Crippen MR) is 109 cm³/mol. The molecule has 0 saturated carbocycles. The first-order valence-electron chi connectivity index (χ1n) is 8.54. The van der Waals surface area contributed by atoms with Crippen molar-refractivity contribution < 1.29 is 9.53 Å². The van der Waals surface area contributed by atoms with Gasteiger partial charge in [0.25, 0.3) is 0 Å². The lowest BCUT2D eigenvalue weighted by Gasteiger charge is -2.26. The van der Waals surface area contributed by atoms with Crippen molar-refractivity contribution in [2.45, 2.75) is 11.9 Å². The standard InChI is InChI=1S/C18H18N4O2S3/c1-12-17(27-18(19-12)14-3-2-10-25-14)13-4-5-15(21-20-13)26-11-16(23)22-6-8-24-9-7-22/h2-5,10H,6-9,11H2,1H3. The van der Waals surface area contributed by atoms with E-state index in [4.69, 9.17) is 4.74 Å². The summed E-state index contributed by atoms with van der Waals surface area (Å²) >= 11 is 4.73. The van der Waals surface area contributed by atoms with Gasteiger partial charge in [0.05, 0.1) is 34.4 Å². The van der Waals surface area contributed by atoms with Crippen molar-refractivity contribution in [3.05, 3.63) is 35.3 Å². The third-order valence-electron chi connectivity index (χ3n) is 4.11. The van der Waals surface area contributed by atoms with E-state index in [1.54, 1.807) is 22.7 Å². The number of hydrogen-bond donors (Lipinski definition) is 0. The molecular formula is C18H18N4O2S3. The second-order valence-electron chi connectivity index (χ2n) is 5.95. The van der Waals surface area contributed by atoms with E-state index < -0.39 is 0 Å². The van der Waals surface area contributed by atoms with Gasteiger partial charge in [-0.3, -0.25) is 4.79 Å². The van der Waals surface area contributed by atoms with Gasteiger partial charge in [0, 0.05) is 13.1 Å². The van der Waals surface area contributed by atoms with Gasteiger partial charge in [-0.15, -0.1) is 32.9 Å². The van der Waals surface area contributed by atoms with Crippen LogP contribution in [0.2, 0.25) is 0 Å². The number of morpholine rings is 1. The minimum absolute atomic E-state index is 0.119. The van der Waals surface area contributed by atoms with Crippen LogP contribution in [-0.2, 0) is 9.53 Å². The quantitative estimate of drug-likeness (QED) is 0.590. The predicted octanol–water partition coefficient (Wildman–Crippen LogP) is 3.59. The maximum absolute atomic E-state index is 12.2. The number of amides is 1. The van der Waals surface area contributed by atoms with Crippen LogP contribution in [0.3, 0.4) is 0 Å². The zero-order valence-electron chi connectivity index (χ0n) is 14.8. The van der Waals surface area contributed by atoms with Crippen molar-refractivity contribution in [3.8, 4) is 20.5 Å². The van der Waals surface area contributed by atoms with E-state index >= 15 is 0 Å². The Labute approximate surface area is 169 Å². The third-order valence-corrected chi connectivity index (χ3v) is 7.23.